The Balaban J connectivity index is 1.84. The Hall–Kier alpha value is -3.81. The molecule has 1 heterocycles. The molecular weight excluding hydrogens is 346 g/mol. The van der Waals surface area contributed by atoms with Gasteiger partial charge in [-0.1, -0.05) is 30.3 Å². The number of fused-ring (bicyclic) bond motifs is 1. The zero-order valence-corrected chi connectivity index (χ0v) is 14.7. The van der Waals surface area contributed by atoms with Crippen molar-refractivity contribution >= 4 is 34.0 Å². The Labute approximate surface area is 154 Å². The summed E-state index contributed by atoms with van der Waals surface area (Å²) in [7, 11) is 0. The number of benzene rings is 2. The van der Waals surface area contributed by atoms with Gasteiger partial charge in [0.15, 0.2) is 5.69 Å². The number of H-pyrrole nitrogens is 1. The van der Waals surface area contributed by atoms with E-state index in [1.807, 2.05) is 6.07 Å². The first-order valence-electron chi connectivity index (χ1n) is 8.16. The van der Waals surface area contributed by atoms with Crippen LogP contribution in [0, 0.1) is 0 Å². The van der Waals surface area contributed by atoms with Gasteiger partial charge in [-0.05, 0) is 30.7 Å². The van der Waals surface area contributed by atoms with Crippen LogP contribution in [0.1, 0.15) is 29.9 Å². The Morgan fingerprint density at radius 3 is 2.52 bits per heavy atom. The number of nitrogens with one attached hydrogen (secondary N) is 3. The average Bonchev–Trinajstić information content (AvgIpc) is 2.66. The van der Waals surface area contributed by atoms with Crippen molar-refractivity contribution in [2.45, 2.75) is 13.8 Å². The zero-order chi connectivity index (χ0) is 19.4. The first-order valence-corrected chi connectivity index (χ1v) is 8.16. The van der Waals surface area contributed by atoms with Gasteiger partial charge < -0.3 is 5.32 Å². The van der Waals surface area contributed by atoms with Crippen LogP contribution in [0.3, 0.4) is 0 Å². The second kappa shape index (κ2) is 7.61. The molecule has 1 aromatic heterocycles. The standard InChI is InChI=1S/C19H17N5O3/c1-11(13-6-5-7-14(10-13)20-12(2)25)21-24-19(27)17-15-8-3-4-9-16(15)18(26)23-22-17/h3-10H,1-2H3,(H,20,25)(H,23,26)(H,24,27)/b21-11-. The monoisotopic (exact) mass is 363 g/mol. The molecule has 0 aliphatic carbocycles. The molecule has 3 aromatic rings. The van der Waals surface area contributed by atoms with Gasteiger partial charge in [-0.3, -0.25) is 14.4 Å². The molecule has 0 aliphatic rings. The minimum Gasteiger partial charge on any atom is -0.326 e. The third kappa shape index (κ3) is 4.06. The van der Waals surface area contributed by atoms with E-state index in [1.165, 1.54) is 6.92 Å². The molecule has 0 fully saturated rings. The maximum absolute atomic E-state index is 12.5. The number of rotatable bonds is 4. The van der Waals surface area contributed by atoms with Crippen molar-refractivity contribution in [1.29, 1.82) is 0 Å². The molecule has 27 heavy (non-hydrogen) atoms. The second-order valence-corrected chi connectivity index (χ2v) is 5.85. The van der Waals surface area contributed by atoms with Crippen molar-refractivity contribution in [1.82, 2.24) is 15.6 Å². The van der Waals surface area contributed by atoms with E-state index in [-0.39, 0.29) is 17.2 Å². The highest BCUT2D eigenvalue weighted by molar-refractivity contribution is 6.06. The minimum atomic E-state index is -0.542. The number of aromatic amines is 1. The summed E-state index contributed by atoms with van der Waals surface area (Å²) in [6, 6.07) is 13.8. The second-order valence-electron chi connectivity index (χ2n) is 5.85. The Kier molecular flexibility index (Phi) is 5.07. The van der Waals surface area contributed by atoms with Crippen LogP contribution >= 0.6 is 0 Å². The molecule has 0 aliphatic heterocycles. The predicted molar refractivity (Wildman–Crippen MR) is 103 cm³/mol. The summed E-state index contributed by atoms with van der Waals surface area (Å²) in [6.07, 6.45) is 0. The molecule has 3 N–H and O–H groups in total. The Morgan fingerprint density at radius 2 is 1.78 bits per heavy atom. The van der Waals surface area contributed by atoms with Crippen LogP contribution in [0.25, 0.3) is 10.8 Å². The van der Waals surface area contributed by atoms with Gasteiger partial charge in [0.2, 0.25) is 5.91 Å². The highest BCUT2D eigenvalue weighted by Crippen LogP contribution is 2.13. The molecule has 2 amide bonds. The predicted octanol–water partition coefficient (Wildman–Crippen LogP) is 2.04. The maximum atomic E-state index is 12.5. The van der Waals surface area contributed by atoms with Gasteiger partial charge in [0.25, 0.3) is 11.5 Å². The quantitative estimate of drug-likeness (QED) is 0.486. The van der Waals surface area contributed by atoms with E-state index >= 15 is 0 Å². The van der Waals surface area contributed by atoms with Crippen LogP contribution in [0.15, 0.2) is 58.4 Å². The number of hydrogen-bond donors (Lipinski definition) is 3. The largest absolute Gasteiger partial charge is 0.326 e. The van der Waals surface area contributed by atoms with E-state index in [2.05, 4.69) is 26.0 Å². The lowest BCUT2D eigenvalue weighted by Crippen LogP contribution is -2.23. The molecule has 8 heteroatoms. The fourth-order valence-electron chi connectivity index (χ4n) is 2.57. The summed E-state index contributed by atoms with van der Waals surface area (Å²) >= 11 is 0. The van der Waals surface area contributed by atoms with Crippen LogP contribution in [-0.2, 0) is 4.79 Å². The highest BCUT2D eigenvalue weighted by Gasteiger charge is 2.13. The SMILES string of the molecule is CC(=O)Nc1cccc(/C(C)=N\NC(=O)c2n[nH]c(=O)c3ccccc23)c1. The van der Waals surface area contributed by atoms with Crippen molar-refractivity contribution in [3.8, 4) is 0 Å². The van der Waals surface area contributed by atoms with Crippen LogP contribution < -0.4 is 16.3 Å². The van der Waals surface area contributed by atoms with Gasteiger partial charge in [-0.15, -0.1) is 0 Å². The number of carbonyl (C=O) groups is 2. The van der Waals surface area contributed by atoms with Crippen LogP contribution in [0.5, 0.6) is 0 Å². The number of nitrogens with zero attached hydrogens (tertiary/aromatic N) is 2. The number of hydrogen-bond acceptors (Lipinski definition) is 5. The number of hydrazone groups is 1. The molecule has 136 valence electrons. The lowest BCUT2D eigenvalue weighted by molar-refractivity contribution is -0.114. The van der Waals surface area contributed by atoms with Crippen LogP contribution in [-0.4, -0.2) is 27.7 Å². The molecule has 8 nitrogen and oxygen atoms in total. The molecule has 0 saturated heterocycles. The van der Waals surface area contributed by atoms with Crippen molar-refractivity contribution in [2.75, 3.05) is 5.32 Å². The lowest BCUT2D eigenvalue weighted by atomic mass is 10.1. The Bertz CT molecular complexity index is 1120. The summed E-state index contributed by atoms with van der Waals surface area (Å²) in [5, 5.41) is 13.8. The van der Waals surface area contributed by atoms with Gasteiger partial charge in [0.1, 0.15) is 0 Å². The van der Waals surface area contributed by atoms with E-state index in [0.717, 1.165) is 5.56 Å². The van der Waals surface area contributed by atoms with Crippen LogP contribution in [0.2, 0.25) is 0 Å². The van der Waals surface area contributed by atoms with Gasteiger partial charge >= 0.3 is 0 Å². The summed E-state index contributed by atoms with van der Waals surface area (Å²) in [5.41, 5.74) is 4.08. The highest BCUT2D eigenvalue weighted by atomic mass is 16.2. The summed E-state index contributed by atoms with van der Waals surface area (Å²) < 4.78 is 0. The smallest absolute Gasteiger partial charge is 0.292 e. The van der Waals surface area contributed by atoms with Crippen molar-refractivity contribution in [2.24, 2.45) is 5.10 Å². The van der Waals surface area contributed by atoms with Crippen molar-refractivity contribution in [3.05, 3.63) is 70.1 Å². The van der Waals surface area contributed by atoms with Gasteiger partial charge in [-0.2, -0.15) is 10.2 Å². The molecule has 3 rings (SSSR count). The minimum absolute atomic E-state index is 0.0775. The first-order chi connectivity index (χ1) is 13.0. The number of anilines is 1. The molecular formula is C19H17N5O3. The van der Waals surface area contributed by atoms with Gasteiger partial charge in [0.05, 0.1) is 11.1 Å². The fourth-order valence-corrected chi connectivity index (χ4v) is 2.57. The van der Waals surface area contributed by atoms with E-state index in [9.17, 15) is 14.4 Å². The molecule has 0 saturated carbocycles. The van der Waals surface area contributed by atoms with E-state index in [0.29, 0.717) is 22.2 Å². The van der Waals surface area contributed by atoms with E-state index in [1.54, 1.807) is 49.4 Å². The summed E-state index contributed by atoms with van der Waals surface area (Å²) in [6.45, 7) is 3.15. The summed E-state index contributed by atoms with van der Waals surface area (Å²) in [5.74, 6) is -0.717. The normalized spacial score (nSPS) is 11.3. The molecule has 0 spiro atoms. The average molecular weight is 363 g/mol. The fraction of sp³-hybridized carbons (Fsp3) is 0.105. The number of amides is 2. The maximum Gasteiger partial charge on any atom is 0.292 e. The van der Waals surface area contributed by atoms with E-state index < -0.39 is 5.91 Å². The summed E-state index contributed by atoms with van der Waals surface area (Å²) in [4.78, 5) is 35.4. The van der Waals surface area contributed by atoms with Crippen molar-refractivity contribution < 1.29 is 9.59 Å². The number of aromatic nitrogens is 2. The Morgan fingerprint density at radius 1 is 1.04 bits per heavy atom. The lowest BCUT2D eigenvalue weighted by Gasteiger charge is -2.07. The number of carbonyl (C=O) groups excluding carboxylic acids is 2. The van der Waals surface area contributed by atoms with E-state index in [4.69, 9.17) is 0 Å². The van der Waals surface area contributed by atoms with Crippen molar-refractivity contribution in [3.63, 3.8) is 0 Å². The first kappa shape index (κ1) is 18.0. The molecule has 0 radical (unpaired) electrons. The van der Waals surface area contributed by atoms with Crippen LogP contribution in [0.4, 0.5) is 5.69 Å². The molecule has 0 bridgehead atoms. The van der Waals surface area contributed by atoms with Gasteiger partial charge in [0, 0.05) is 18.0 Å². The third-order valence-corrected chi connectivity index (χ3v) is 3.84. The van der Waals surface area contributed by atoms with Gasteiger partial charge in [-0.25, -0.2) is 10.5 Å². The molecule has 0 atom stereocenters. The topological polar surface area (TPSA) is 116 Å². The zero-order valence-electron chi connectivity index (χ0n) is 14.7. The molecule has 0 unspecified atom stereocenters. The third-order valence-electron chi connectivity index (χ3n) is 3.84. The molecule has 2 aromatic carbocycles.